The van der Waals surface area contributed by atoms with Gasteiger partial charge in [-0.1, -0.05) is 48.6 Å². The fraction of sp³-hybridized carbons (Fsp3) is 0.125. The number of esters is 1. The summed E-state index contributed by atoms with van der Waals surface area (Å²) in [6, 6.07) is 19.4. The molecule has 3 aromatic rings. The van der Waals surface area contributed by atoms with Gasteiger partial charge in [0.25, 0.3) is 0 Å². The number of halogens is 1. The van der Waals surface area contributed by atoms with Crippen LogP contribution in [0.3, 0.4) is 0 Å². The summed E-state index contributed by atoms with van der Waals surface area (Å²) in [5.41, 5.74) is 4.26. The Bertz CT molecular complexity index is 991. The molecule has 0 bridgehead atoms. The van der Waals surface area contributed by atoms with Crippen molar-refractivity contribution in [3.05, 3.63) is 100 Å². The van der Waals surface area contributed by atoms with E-state index in [9.17, 15) is 9.18 Å². The predicted molar refractivity (Wildman–Crippen MR) is 109 cm³/mol. The van der Waals surface area contributed by atoms with Gasteiger partial charge in [0.1, 0.15) is 18.2 Å². The highest BCUT2D eigenvalue weighted by molar-refractivity contribution is 5.91. The molecule has 0 amide bonds. The predicted octanol–water partition coefficient (Wildman–Crippen LogP) is 5.67. The molecule has 0 atom stereocenters. The fourth-order valence-electron chi connectivity index (χ4n) is 2.74. The highest BCUT2D eigenvalue weighted by atomic mass is 19.1. The largest absolute Gasteiger partial charge is 0.489 e. The van der Waals surface area contributed by atoms with Crippen molar-refractivity contribution < 1.29 is 18.7 Å². The van der Waals surface area contributed by atoms with Crippen LogP contribution in [0.25, 0.3) is 12.2 Å². The van der Waals surface area contributed by atoms with Crippen molar-refractivity contribution in [2.24, 2.45) is 0 Å². The van der Waals surface area contributed by atoms with Gasteiger partial charge in [-0.15, -0.1) is 0 Å². The van der Waals surface area contributed by atoms with Gasteiger partial charge >= 0.3 is 5.97 Å². The summed E-state index contributed by atoms with van der Waals surface area (Å²) in [5.74, 6) is -0.139. The first-order chi connectivity index (χ1) is 13.5. The molecule has 0 radical (unpaired) electrons. The lowest BCUT2D eigenvalue weighted by Gasteiger charge is -2.11. The number of rotatable bonds is 6. The second-order valence-electron chi connectivity index (χ2n) is 6.38. The molecule has 28 heavy (non-hydrogen) atoms. The lowest BCUT2D eigenvalue weighted by atomic mass is 10.1. The third kappa shape index (κ3) is 5.07. The lowest BCUT2D eigenvalue weighted by Crippen LogP contribution is -2.03. The molecule has 0 heterocycles. The summed E-state index contributed by atoms with van der Waals surface area (Å²) in [5, 5.41) is 0. The first-order valence-corrected chi connectivity index (χ1v) is 8.89. The molecule has 3 rings (SSSR count). The van der Waals surface area contributed by atoms with Gasteiger partial charge in [-0.05, 0) is 59.5 Å². The van der Waals surface area contributed by atoms with Crippen molar-refractivity contribution in [2.75, 3.05) is 7.11 Å². The number of aryl methyl sites for hydroxylation is 1. The average Bonchev–Trinajstić information content (AvgIpc) is 2.72. The van der Waals surface area contributed by atoms with Crippen molar-refractivity contribution >= 4 is 18.1 Å². The molecule has 4 heteroatoms. The number of carbonyl (C=O) groups excluding carboxylic acids is 1. The zero-order valence-electron chi connectivity index (χ0n) is 15.8. The second kappa shape index (κ2) is 9.00. The van der Waals surface area contributed by atoms with E-state index in [1.165, 1.54) is 19.2 Å². The monoisotopic (exact) mass is 376 g/mol. The van der Waals surface area contributed by atoms with Crippen LogP contribution in [0.15, 0.2) is 66.7 Å². The van der Waals surface area contributed by atoms with Crippen molar-refractivity contribution in [2.45, 2.75) is 13.5 Å². The SMILES string of the molecule is COC(=O)c1cc(/C=C/c2ccc(F)cc2)cc(OCc2ccccc2C)c1. The first-order valence-electron chi connectivity index (χ1n) is 8.89. The number of hydrogen-bond donors (Lipinski definition) is 0. The molecule has 0 saturated carbocycles. The van der Waals surface area contributed by atoms with Crippen LogP contribution in [0.4, 0.5) is 4.39 Å². The Balaban J connectivity index is 1.85. The Hall–Kier alpha value is -3.40. The maximum Gasteiger partial charge on any atom is 0.338 e. The molecular weight excluding hydrogens is 355 g/mol. The summed E-state index contributed by atoms with van der Waals surface area (Å²) in [6.07, 6.45) is 3.70. The van der Waals surface area contributed by atoms with Gasteiger partial charge in [0.15, 0.2) is 0 Å². The molecule has 0 aliphatic heterocycles. The van der Waals surface area contributed by atoms with E-state index in [-0.39, 0.29) is 5.82 Å². The van der Waals surface area contributed by atoms with Crippen LogP contribution in [0.2, 0.25) is 0 Å². The Morgan fingerprint density at radius 2 is 1.68 bits per heavy atom. The van der Waals surface area contributed by atoms with Crippen LogP contribution in [-0.4, -0.2) is 13.1 Å². The van der Waals surface area contributed by atoms with E-state index < -0.39 is 5.97 Å². The molecule has 3 aromatic carbocycles. The summed E-state index contributed by atoms with van der Waals surface area (Å²) >= 11 is 0. The van der Waals surface area contributed by atoms with Gasteiger partial charge in [-0.3, -0.25) is 0 Å². The normalized spacial score (nSPS) is 10.8. The van der Waals surface area contributed by atoms with Crippen LogP contribution < -0.4 is 4.74 Å². The molecule has 0 saturated heterocycles. The molecule has 0 aromatic heterocycles. The van der Waals surface area contributed by atoms with Crippen molar-refractivity contribution in [3.63, 3.8) is 0 Å². The third-order valence-electron chi connectivity index (χ3n) is 4.34. The molecule has 0 aliphatic carbocycles. The van der Waals surface area contributed by atoms with Crippen molar-refractivity contribution in [3.8, 4) is 5.75 Å². The quantitative estimate of drug-likeness (QED) is 0.411. The number of hydrogen-bond acceptors (Lipinski definition) is 3. The minimum Gasteiger partial charge on any atom is -0.489 e. The number of methoxy groups -OCH3 is 1. The van der Waals surface area contributed by atoms with E-state index in [0.29, 0.717) is 17.9 Å². The number of ether oxygens (including phenoxy) is 2. The topological polar surface area (TPSA) is 35.5 Å². The maximum absolute atomic E-state index is 13.0. The lowest BCUT2D eigenvalue weighted by molar-refractivity contribution is 0.0600. The van der Waals surface area contributed by atoms with E-state index in [1.54, 1.807) is 24.3 Å². The molecule has 0 spiro atoms. The van der Waals surface area contributed by atoms with Crippen molar-refractivity contribution in [1.29, 1.82) is 0 Å². The molecular formula is C24H21FO3. The third-order valence-corrected chi connectivity index (χ3v) is 4.34. The average molecular weight is 376 g/mol. The van der Waals surface area contributed by atoms with Crippen LogP contribution in [-0.2, 0) is 11.3 Å². The van der Waals surface area contributed by atoms with E-state index in [0.717, 1.165) is 22.3 Å². The summed E-state index contributed by atoms with van der Waals surface area (Å²) in [6.45, 7) is 2.43. The minimum absolute atomic E-state index is 0.281. The molecule has 0 unspecified atom stereocenters. The summed E-state index contributed by atoms with van der Waals surface area (Å²) < 4.78 is 23.8. The Kier molecular flexibility index (Phi) is 6.22. The highest BCUT2D eigenvalue weighted by Gasteiger charge is 2.09. The Morgan fingerprint density at radius 3 is 2.39 bits per heavy atom. The van der Waals surface area contributed by atoms with E-state index in [1.807, 2.05) is 49.4 Å². The van der Waals surface area contributed by atoms with Crippen LogP contribution in [0.5, 0.6) is 5.75 Å². The van der Waals surface area contributed by atoms with Gasteiger partial charge in [0.2, 0.25) is 0 Å². The fourth-order valence-corrected chi connectivity index (χ4v) is 2.74. The second-order valence-corrected chi connectivity index (χ2v) is 6.38. The Morgan fingerprint density at radius 1 is 0.964 bits per heavy atom. The van der Waals surface area contributed by atoms with E-state index >= 15 is 0 Å². The van der Waals surface area contributed by atoms with Crippen LogP contribution in [0.1, 0.15) is 32.6 Å². The molecule has 0 N–H and O–H groups in total. The van der Waals surface area contributed by atoms with Gasteiger partial charge in [-0.25, -0.2) is 9.18 Å². The highest BCUT2D eigenvalue weighted by Crippen LogP contribution is 2.22. The first kappa shape index (κ1) is 19.4. The van der Waals surface area contributed by atoms with Crippen LogP contribution >= 0.6 is 0 Å². The van der Waals surface area contributed by atoms with E-state index in [4.69, 9.17) is 9.47 Å². The maximum atomic E-state index is 13.0. The molecule has 0 fully saturated rings. The zero-order valence-corrected chi connectivity index (χ0v) is 15.8. The minimum atomic E-state index is -0.433. The summed E-state index contributed by atoms with van der Waals surface area (Å²) in [4.78, 5) is 12.0. The number of carbonyl (C=O) groups is 1. The number of benzene rings is 3. The molecule has 3 nitrogen and oxygen atoms in total. The van der Waals surface area contributed by atoms with Gasteiger partial charge < -0.3 is 9.47 Å². The standard InChI is InChI=1S/C24H21FO3/c1-17-5-3-4-6-20(17)16-28-23-14-19(13-21(15-23)24(26)27-2)8-7-18-9-11-22(25)12-10-18/h3-15H,16H2,1-2H3/b8-7+. The van der Waals surface area contributed by atoms with E-state index in [2.05, 4.69) is 0 Å². The van der Waals surface area contributed by atoms with Crippen LogP contribution in [0, 0.1) is 12.7 Å². The summed E-state index contributed by atoms with van der Waals surface area (Å²) in [7, 11) is 1.34. The van der Waals surface area contributed by atoms with Gasteiger partial charge in [0, 0.05) is 0 Å². The van der Waals surface area contributed by atoms with Crippen molar-refractivity contribution in [1.82, 2.24) is 0 Å². The zero-order chi connectivity index (χ0) is 19.9. The van der Waals surface area contributed by atoms with Gasteiger partial charge in [-0.2, -0.15) is 0 Å². The van der Waals surface area contributed by atoms with Gasteiger partial charge in [0.05, 0.1) is 12.7 Å². The molecule has 0 aliphatic rings. The smallest absolute Gasteiger partial charge is 0.338 e. The molecule has 142 valence electrons. The Labute approximate surface area is 164 Å².